The number of carbonyl (C=O) groups is 1. The molecule has 8 nitrogen and oxygen atoms in total. The van der Waals surface area contributed by atoms with E-state index in [1.807, 2.05) is 55.1 Å². The Morgan fingerprint density at radius 2 is 1.93 bits per heavy atom. The lowest BCUT2D eigenvalue weighted by molar-refractivity contribution is 0.0595. The monoisotopic (exact) mass is 376 g/mol. The average Bonchev–Trinajstić information content (AvgIpc) is 3.24. The van der Waals surface area contributed by atoms with Crippen LogP contribution in [0.5, 0.6) is 0 Å². The number of para-hydroxylation sites is 1. The third-order valence-corrected chi connectivity index (χ3v) is 4.69. The van der Waals surface area contributed by atoms with Crippen LogP contribution in [0, 0.1) is 6.92 Å². The summed E-state index contributed by atoms with van der Waals surface area (Å²) in [4.78, 5) is 16.6. The maximum atomic E-state index is 12.1. The number of rotatable bonds is 4. The van der Waals surface area contributed by atoms with Gasteiger partial charge in [0.2, 0.25) is 0 Å². The summed E-state index contributed by atoms with van der Waals surface area (Å²) in [5.74, 6) is 0.396. The van der Waals surface area contributed by atoms with Gasteiger partial charge < -0.3 is 10.1 Å². The zero-order valence-corrected chi connectivity index (χ0v) is 16.1. The van der Waals surface area contributed by atoms with E-state index < -0.39 is 5.97 Å². The number of hydrogen-bond acceptors (Lipinski definition) is 6. The van der Waals surface area contributed by atoms with Gasteiger partial charge in [0.15, 0.2) is 11.3 Å². The topological polar surface area (TPSA) is 86.9 Å². The van der Waals surface area contributed by atoms with E-state index in [0.717, 1.165) is 28.3 Å². The Morgan fingerprint density at radius 1 is 1.18 bits per heavy atom. The molecule has 3 aromatic heterocycles. The second-order valence-corrected chi connectivity index (χ2v) is 6.38. The van der Waals surface area contributed by atoms with E-state index in [9.17, 15) is 4.79 Å². The van der Waals surface area contributed by atoms with Crippen LogP contribution in [0.1, 0.15) is 16.1 Å². The number of pyridine rings is 1. The van der Waals surface area contributed by atoms with Crippen molar-refractivity contribution in [2.24, 2.45) is 7.05 Å². The molecule has 0 amide bonds. The first-order valence-corrected chi connectivity index (χ1v) is 8.79. The Hall–Kier alpha value is -3.68. The fourth-order valence-corrected chi connectivity index (χ4v) is 3.34. The molecule has 4 rings (SSSR count). The molecule has 0 saturated carbocycles. The Kier molecular flexibility index (Phi) is 4.31. The minimum absolute atomic E-state index is 0.239. The highest BCUT2D eigenvalue weighted by Gasteiger charge is 2.21. The van der Waals surface area contributed by atoms with E-state index >= 15 is 0 Å². The molecule has 4 aromatic rings. The summed E-state index contributed by atoms with van der Waals surface area (Å²) in [6.07, 6.45) is 1.75. The Morgan fingerprint density at radius 3 is 2.61 bits per heavy atom. The Labute approximate surface area is 161 Å². The predicted molar refractivity (Wildman–Crippen MR) is 107 cm³/mol. The molecule has 0 aliphatic rings. The highest BCUT2D eigenvalue weighted by molar-refractivity contribution is 6.02. The van der Waals surface area contributed by atoms with Crippen LogP contribution >= 0.6 is 0 Å². The van der Waals surface area contributed by atoms with Crippen molar-refractivity contribution in [2.45, 2.75) is 6.92 Å². The van der Waals surface area contributed by atoms with Gasteiger partial charge in [0.05, 0.1) is 23.9 Å². The molecule has 8 heteroatoms. The molecule has 142 valence electrons. The maximum Gasteiger partial charge on any atom is 0.359 e. The minimum atomic E-state index is -0.494. The van der Waals surface area contributed by atoms with Crippen LogP contribution in [-0.2, 0) is 11.8 Å². The molecule has 0 bridgehead atoms. The summed E-state index contributed by atoms with van der Waals surface area (Å²) < 4.78 is 8.28. The SMILES string of the molecule is CNc1c(C)c(-c2cnc3c(c2)c(C(=O)OC)nn3C)nn1-c1ccccc1. The zero-order valence-electron chi connectivity index (χ0n) is 16.1. The molecule has 3 heterocycles. The van der Waals surface area contributed by atoms with E-state index in [-0.39, 0.29) is 5.69 Å². The van der Waals surface area contributed by atoms with Gasteiger partial charge in [-0.3, -0.25) is 0 Å². The summed E-state index contributed by atoms with van der Waals surface area (Å²) in [6, 6.07) is 11.8. The smallest absolute Gasteiger partial charge is 0.359 e. The quantitative estimate of drug-likeness (QED) is 0.551. The lowest BCUT2D eigenvalue weighted by Crippen LogP contribution is -2.03. The molecule has 28 heavy (non-hydrogen) atoms. The van der Waals surface area contributed by atoms with Crippen LogP contribution in [-0.4, -0.2) is 44.7 Å². The van der Waals surface area contributed by atoms with Gasteiger partial charge in [-0.25, -0.2) is 19.1 Å². The predicted octanol–water partition coefficient (Wildman–Crippen LogP) is 2.96. The molecule has 0 saturated heterocycles. The molecular formula is C20H20N6O2. The lowest BCUT2D eigenvalue weighted by atomic mass is 10.1. The standard InChI is InChI=1S/C20H20N6O2/c1-12-16(24-26(18(12)21-2)14-8-6-5-7-9-14)13-10-15-17(20(27)28-4)23-25(3)19(15)22-11-13/h5-11,21H,1-4H3. The molecule has 1 aromatic carbocycles. The number of hydrogen-bond donors (Lipinski definition) is 1. The van der Waals surface area contributed by atoms with Gasteiger partial charge in [-0.1, -0.05) is 18.2 Å². The summed E-state index contributed by atoms with van der Waals surface area (Å²) in [7, 11) is 4.95. The first-order chi connectivity index (χ1) is 13.5. The van der Waals surface area contributed by atoms with E-state index in [2.05, 4.69) is 15.4 Å². The fourth-order valence-electron chi connectivity index (χ4n) is 3.34. The van der Waals surface area contributed by atoms with Crippen molar-refractivity contribution < 1.29 is 9.53 Å². The van der Waals surface area contributed by atoms with Gasteiger partial charge in [-0.15, -0.1) is 0 Å². The lowest BCUT2D eigenvalue weighted by Gasteiger charge is -2.06. The number of fused-ring (bicyclic) bond motifs is 1. The minimum Gasteiger partial charge on any atom is -0.464 e. The van der Waals surface area contributed by atoms with E-state index in [1.165, 1.54) is 7.11 Å². The first kappa shape index (κ1) is 17.7. The molecule has 0 unspecified atom stereocenters. The average molecular weight is 376 g/mol. The third kappa shape index (κ3) is 2.70. The molecular weight excluding hydrogens is 356 g/mol. The second-order valence-electron chi connectivity index (χ2n) is 6.38. The number of esters is 1. The first-order valence-electron chi connectivity index (χ1n) is 8.79. The third-order valence-electron chi connectivity index (χ3n) is 4.69. The van der Waals surface area contributed by atoms with Crippen LogP contribution in [0.15, 0.2) is 42.6 Å². The number of nitrogens with zero attached hydrogens (tertiary/aromatic N) is 5. The highest BCUT2D eigenvalue weighted by atomic mass is 16.5. The second kappa shape index (κ2) is 6.80. The number of anilines is 1. The van der Waals surface area contributed by atoms with Gasteiger partial charge in [0, 0.05) is 31.4 Å². The van der Waals surface area contributed by atoms with Crippen LogP contribution < -0.4 is 5.32 Å². The van der Waals surface area contributed by atoms with Gasteiger partial charge >= 0.3 is 5.97 Å². The summed E-state index contributed by atoms with van der Waals surface area (Å²) in [5, 5.41) is 12.9. The number of methoxy groups -OCH3 is 1. The number of carbonyl (C=O) groups excluding carboxylic acids is 1. The fraction of sp³-hybridized carbons (Fsp3) is 0.200. The molecule has 0 atom stereocenters. The van der Waals surface area contributed by atoms with Crippen molar-refractivity contribution >= 4 is 22.8 Å². The van der Waals surface area contributed by atoms with Crippen molar-refractivity contribution in [2.75, 3.05) is 19.5 Å². The Bertz CT molecular complexity index is 1180. The van der Waals surface area contributed by atoms with Gasteiger partial charge in [-0.2, -0.15) is 10.2 Å². The van der Waals surface area contributed by atoms with Crippen molar-refractivity contribution in [1.29, 1.82) is 0 Å². The highest BCUT2D eigenvalue weighted by Crippen LogP contribution is 2.31. The molecule has 0 fully saturated rings. The number of ether oxygens (including phenoxy) is 1. The van der Waals surface area contributed by atoms with Crippen LogP contribution in [0.4, 0.5) is 5.82 Å². The van der Waals surface area contributed by atoms with Crippen LogP contribution in [0.2, 0.25) is 0 Å². The summed E-state index contributed by atoms with van der Waals surface area (Å²) >= 11 is 0. The van der Waals surface area contributed by atoms with Crippen LogP contribution in [0.3, 0.4) is 0 Å². The van der Waals surface area contributed by atoms with Crippen molar-refractivity contribution in [1.82, 2.24) is 24.5 Å². The van der Waals surface area contributed by atoms with E-state index in [4.69, 9.17) is 9.84 Å². The number of nitrogens with one attached hydrogen (secondary N) is 1. The van der Waals surface area contributed by atoms with Crippen molar-refractivity contribution in [3.63, 3.8) is 0 Å². The number of benzene rings is 1. The van der Waals surface area contributed by atoms with Gasteiger partial charge in [-0.05, 0) is 25.1 Å². The summed E-state index contributed by atoms with van der Waals surface area (Å²) in [6.45, 7) is 2.00. The molecule has 1 N–H and O–H groups in total. The number of aryl methyl sites for hydroxylation is 1. The molecule has 0 radical (unpaired) electrons. The van der Waals surface area contributed by atoms with E-state index in [0.29, 0.717) is 11.0 Å². The maximum absolute atomic E-state index is 12.1. The largest absolute Gasteiger partial charge is 0.464 e. The molecule has 0 aliphatic carbocycles. The normalized spacial score (nSPS) is 11.0. The zero-order chi connectivity index (χ0) is 19.8. The summed E-state index contributed by atoms with van der Waals surface area (Å²) in [5.41, 5.74) is 4.36. The van der Waals surface area contributed by atoms with Crippen molar-refractivity contribution in [3.05, 3.63) is 53.9 Å². The molecule has 0 spiro atoms. The van der Waals surface area contributed by atoms with Crippen LogP contribution in [0.25, 0.3) is 28.0 Å². The molecule has 0 aliphatic heterocycles. The van der Waals surface area contributed by atoms with Crippen molar-refractivity contribution in [3.8, 4) is 16.9 Å². The van der Waals surface area contributed by atoms with Gasteiger partial charge in [0.25, 0.3) is 0 Å². The Balaban J connectivity index is 1.91. The van der Waals surface area contributed by atoms with E-state index in [1.54, 1.807) is 17.9 Å². The van der Waals surface area contributed by atoms with Gasteiger partial charge in [0.1, 0.15) is 5.82 Å². The number of aromatic nitrogens is 5.